The molecular formula is C16H17N5O. The topological polar surface area (TPSA) is 68.8 Å². The van der Waals surface area contributed by atoms with Crippen molar-refractivity contribution in [3.8, 4) is 17.3 Å². The van der Waals surface area contributed by atoms with E-state index < -0.39 is 0 Å². The Hall–Kier alpha value is -2.63. The van der Waals surface area contributed by atoms with Crippen LogP contribution in [0.4, 0.5) is 5.69 Å². The first-order chi connectivity index (χ1) is 10.6. The number of hydrogen-bond acceptors (Lipinski definition) is 5. The summed E-state index contributed by atoms with van der Waals surface area (Å²) >= 11 is 0. The van der Waals surface area contributed by atoms with Crippen molar-refractivity contribution in [3.05, 3.63) is 42.0 Å². The molecule has 1 aromatic carbocycles. The molecule has 1 aliphatic rings. The van der Waals surface area contributed by atoms with E-state index >= 15 is 0 Å². The third-order valence-electron chi connectivity index (χ3n) is 3.96. The van der Waals surface area contributed by atoms with Crippen molar-refractivity contribution in [2.75, 3.05) is 5.32 Å². The Labute approximate surface area is 128 Å². The number of fused-ring (bicyclic) bond motifs is 3. The van der Waals surface area contributed by atoms with E-state index in [2.05, 4.69) is 51.0 Å². The van der Waals surface area contributed by atoms with Gasteiger partial charge in [0.05, 0.1) is 28.8 Å². The summed E-state index contributed by atoms with van der Waals surface area (Å²) in [6.07, 6.45) is 2.59. The van der Waals surface area contributed by atoms with Crippen molar-refractivity contribution < 1.29 is 4.52 Å². The Morgan fingerprint density at radius 1 is 1.27 bits per heavy atom. The van der Waals surface area contributed by atoms with E-state index in [1.807, 2.05) is 25.3 Å². The van der Waals surface area contributed by atoms with Gasteiger partial charge in [0.1, 0.15) is 0 Å². The summed E-state index contributed by atoms with van der Waals surface area (Å²) < 4.78 is 7.35. The number of aryl methyl sites for hydroxylation is 1. The van der Waals surface area contributed by atoms with Gasteiger partial charge in [0.15, 0.2) is 5.82 Å². The molecular weight excluding hydrogens is 278 g/mol. The minimum atomic E-state index is -0.225. The number of anilines is 1. The van der Waals surface area contributed by atoms with E-state index in [1.54, 1.807) is 0 Å². The molecule has 1 N–H and O–H groups in total. The number of nitrogens with one attached hydrogen (secondary N) is 1. The molecule has 0 aliphatic carbocycles. The number of nitrogens with zero attached hydrogens (tertiary/aromatic N) is 4. The lowest BCUT2D eigenvalue weighted by atomic mass is 9.97. The molecule has 0 bridgehead atoms. The van der Waals surface area contributed by atoms with Crippen LogP contribution < -0.4 is 5.32 Å². The number of rotatable bonds is 2. The smallest absolute Gasteiger partial charge is 0.238 e. The maximum absolute atomic E-state index is 5.24. The van der Waals surface area contributed by atoms with Crippen LogP contribution in [0, 0.1) is 0 Å². The summed E-state index contributed by atoms with van der Waals surface area (Å²) in [5.74, 6) is 1.85. The molecule has 0 atom stereocenters. The molecule has 0 fully saturated rings. The van der Waals surface area contributed by atoms with Crippen LogP contribution in [0.3, 0.4) is 0 Å². The van der Waals surface area contributed by atoms with Gasteiger partial charge in [-0.1, -0.05) is 24.2 Å². The molecule has 0 saturated carbocycles. The van der Waals surface area contributed by atoms with E-state index in [0.29, 0.717) is 24.0 Å². The highest BCUT2D eigenvalue weighted by Gasteiger charge is 2.33. The van der Waals surface area contributed by atoms with E-state index in [9.17, 15) is 0 Å². The van der Waals surface area contributed by atoms with Crippen molar-refractivity contribution in [3.63, 3.8) is 0 Å². The Bertz CT molecular complexity index is 846. The minimum Gasteiger partial charge on any atom is -0.373 e. The van der Waals surface area contributed by atoms with Gasteiger partial charge in [0, 0.05) is 6.42 Å². The Kier molecular flexibility index (Phi) is 2.63. The summed E-state index contributed by atoms with van der Waals surface area (Å²) in [7, 11) is 0. The zero-order valence-electron chi connectivity index (χ0n) is 12.8. The first-order valence-corrected chi connectivity index (χ1v) is 7.39. The van der Waals surface area contributed by atoms with Crippen LogP contribution in [0.5, 0.6) is 0 Å². The number of hydrogen-bond donors (Lipinski definition) is 1. The van der Waals surface area contributed by atoms with Gasteiger partial charge in [0.2, 0.25) is 11.7 Å². The highest BCUT2D eigenvalue weighted by Crippen LogP contribution is 2.39. The second-order valence-corrected chi connectivity index (χ2v) is 5.93. The summed E-state index contributed by atoms with van der Waals surface area (Å²) in [6, 6.07) is 8.16. The second kappa shape index (κ2) is 4.43. The van der Waals surface area contributed by atoms with Crippen LogP contribution in [-0.4, -0.2) is 19.7 Å². The minimum absolute atomic E-state index is 0.225. The van der Waals surface area contributed by atoms with Crippen molar-refractivity contribution in [2.24, 2.45) is 0 Å². The second-order valence-electron chi connectivity index (χ2n) is 5.93. The van der Waals surface area contributed by atoms with Crippen molar-refractivity contribution >= 4 is 5.69 Å². The van der Waals surface area contributed by atoms with Crippen molar-refractivity contribution in [1.82, 2.24) is 19.7 Å². The Balaban J connectivity index is 1.97. The first-order valence-electron chi connectivity index (χ1n) is 7.39. The third-order valence-corrected chi connectivity index (χ3v) is 3.96. The summed E-state index contributed by atoms with van der Waals surface area (Å²) in [5.41, 5.74) is 2.96. The summed E-state index contributed by atoms with van der Waals surface area (Å²) in [4.78, 5) is 8.97. The average Bonchev–Trinajstić information content (AvgIpc) is 3.13. The molecule has 112 valence electrons. The molecule has 6 heteroatoms. The molecule has 0 unspecified atom stereocenters. The first kappa shape index (κ1) is 13.1. The maximum Gasteiger partial charge on any atom is 0.238 e. The van der Waals surface area contributed by atoms with E-state index in [4.69, 9.17) is 4.52 Å². The Morgan fingerprint density at radius 3 is 2.86 bits per heavy atom. The number of imidazole rings is 1. The highest BCUT2D eigenvalue weighted by molar-refractivity contribution is 5.69. The van der Waals surface area contributed by atoms with E-state index in [1.165, 1.54) is 0 Å². The molecule has 6 nitrogen and oxygen atoms in total. The van der Waals surface area contributed by atoms with Gasteiger partial charge in [-0.2, -0.15) is 4.98 Å². The van der Waals surface area contributed by atoms with Crippen LogP contribution >= 0.6 is 0 Å². The molecule has 3 aromatic rings. The zero-order valence-corrected chi connectivity index (χ0v) is 12.8. The molecule has 2 aromatic heterocycles. The van der Waals surface area contributed by atoms with E-state index in [-0.39, 0.29) is 5.54 Å². The molecule has 0 radical (unpaired) electrons. The van der Waals surface area contributed by atoms with Gasteiger partial charge in [-0.15, -0.1) is 0 Å². The Morgan fingerprint density at radius 2 is 2.09 bits per heavy atom. The van der Waals surface area contributed by atoms with Gasteiger partial charge >= 0.3 is 0 Å². The zero-order chi connectivity index (χ0) is 15.3. The van der Waals surface area contributed by atoms with Gasteiger partial charge in [-0.25, -0.2) is 4.98 Å². The summed E-state index contributed by atoms with van der Waals surface area (Å²) in [5, 5.41) is 7.62. The normalized spacial score (nSPS) is 15.0. The fourth-order valence-electron chi connectivity index (χ4n) is 2.86. The number of benzene rings is 1. The molecule has 1 aliphatic heterocycles. The number of para-hydroxylation sites is 2. The predicted octanol–water partition coefficient (Wildman–Crippen LogP) is 3.15. The fourth-order valence-corrected chi connectivity index (χ4v) is 2.86. The molecule has 0 amide bonds. The molecule has 3 heterocycles. The van der Waals surface area contributed by atoms with Crippen LogP contribution in [0.1, 0.15) is 32.4 Å². The van der Waals surface area contributed by atoms with Gasteiger partial charge < -0.3 is 9.84 Å². The van der Waals surface area contributed by atoms with Crippen LogP contribution in [0.2, 0.25) is 0 Å². The predicted molar refractivity (Wildman–Crippen MR) is 82.9 cm³/mol. The largest absolute Gasteiger partial charge is 0.373 e. The van der Waals surface area contributed by atoms with E-state index in [0.717, 1.165) is 17.1 Å². The van der Waals surface area contributed by atoms with Crippen molar-refractivity contribution in [2.45, 2.75) is 32.7 Å². The third kappa shape index (κ3) is 1.76. The highest BCUT2D eigenvalue weighted by atomic mass is 16.5. The SMILES string of the molecule is CCc1nc(-c2ncc3n2-c2ccccc2NC3(C)C)no1. The lowest BCUT2D eigenvalue weighted by molar-refractivity contribution is 0.382. The lowest BCUT2D eigenvalue weighted by Gasteiger charge is -2.35. The summed E-state index contributed by atoms with van der Waals surface area (Å²) in [6.45, 7) is 6.25. The lowest BCUT2D eigenvalue weighted by Crippen LogP contribution is -2.34. The standard InChI is InChI=1S/C16H17N5O/c1-4-13-18-14(20-22-13)15-17-9-12-16(2,3)19-10-7-5-6-8-11(10)21(12)15/h5-9,19H,4H2,1-3H3. The molecule has 0 saturated heterocycles. The van der Waals surface area contributed by atoms with Gasteiger partial charge in [-0.3, -0.25) is 4.57 Å². The van der Waals surface area contributed by atoms with Crippen molar-refractivity contribution in [1.29, 1.82) is 0 Å². The quantitative estimate of drug-likeness (QED) is 0.786. The van der Waals surface area contributed by atoms with Gasteiger partial charge in [0.25, 0.3) is 0 Å². The van der Waals surface area contributed by atoms with Crippen LogP contribution in [0.15, 0.2) is 35.0 Å². The number of aromatic nitrogens is 4. The van der Waals surface area contributed by atoms with Crippen LogP contribution in [0.25, 0.3) is 17.3 Å². The average molecular weight is 295 g/mol. The molecule has 22 heavy (non-hydrogen) atoms. The van der Waals surface area contributed by atoms with Gasteiger partial charge in [-0.05, 0) is 26.0 Å². The van der Waals surface area contributed by atoms with Crippen LogP contribution in [-0.2, 0) is 12.0 Å². The molecule has 4 rings (SSSR count). The monoisotopic (exact) mass is 295 g/mol. The fraction of sp³-hybridized carbons (Fsp3) is 0.312. The molecule has 0 spiro atoms. The maximum atomic E-state index is 5.24.